The summed E-state index contributed by atoms with van der Waals surface area (Å²) in [7, 11) is 0. The molecule has 0 unspecified atom stereocenters. The molecule has 124 valence electrons. The molecule has 2 aromatic rings. The highest BCUT2D eigenvalue weighted by Gasteiger charge is 2.27. The molecule has 3 N–H and O–H groups in total. The van der Waals surface area contributed by atoms with Gasteiger partial charge in [-0.3, -0.25) is 0 Å². The summed E-state index contributed by atoms with van der Waals surface area (Å²) >= 11 is 0. The zero-order valence-electron chi connectivity index (χ0n) is 13.1. The normalized spacial score (nSPS) is 11.1. The zero-order chi connectivity index (χ0) is 18.1. The lowest BCUT2D eigenvalue weighted by Gasteiger charge is -2.27. The second kappa shape index (κ2) is 6.16. The van der Waals surface area contributed by atoms with Crippen LogP contribution < -0.4 is 0 Å². The summed E-state index contributed by atoms with van der Waals surface area (Å²) in [6, 6.07) is 10.5. The van der Waals surface area contributed by atoms with Gasteiger partial charge in [0, 0.05) is 5.41 Å². The number of benzene rings is 2. The van der Waals surface area contributed by atoms with E-state index >= 15 is 0 Å². The topological polar surface area (TPSA) is 112 Å². The maximum Gasteiger partial charge on any atom is 0.336 e. The predicted octanol–water partition coefficient (Wildman–Crippen LogP) is 3.11. The molecule has 0 atom stereocenters. The highest BCUT2D eigenvalue weighted by molar-refractivity contribution is 6.01. The van der Waals surface area contributed by atoms with Crippen LogP contribution in [0.25, 0.3) is 0 Å². The number of aromatic carboxylic acids is 3. The Morgan fingerprint density at radius 2 is 1.33 bits per heavy atom. The molecule has 0 saturated carbocycles. The molecule has 0 aromatic heterocycles. The average molecular weight is 328 g/mol. The van der Waals surface area contributed by atoms with Crippen molar-refractivity contribution in [3.63, 3.8) is 0 Å². The summed E-state index contributed by atoms with van der Waals surface area (Å²) in [4.78, 5) is 33.6. The minimum Gasteiger partial charge on any atom is -0.478 e. The molecular weight excluding hydrogens is 312 g/mol. The zero-order valence-corrected chi connectivity index (χ0v) is 13.1. The maximum absolute atomic E-state index is 11.3. The van der Waals surface area contributed by atoms with Crippen molar-refractivity contribution in [1.82, 2.24) is 0 Å². The van der Waals surface area contributed by atoms with Crippen molar-refractivity contribution in [2.24, 2.45) is 0 Å². The van der Waals surface area contributed by atoms with E-state index in [1.54, 1.807) is 18.2 Å². The van der Waals surface area contributed by atoms with E-state index in [2.05, 4.69) is 0 Å². The predicted molar refractivity (Wildman–Crippen MR) is 85.9 cm³/mol. The molecule has 0 aliphatic heterocycles. The largest absolute Gasteiger partial charge is 0.478 e. The van der Waals surface area contributed by atoms with E-state index < -0.39 is 23.3 Å². The van der Waals surface area contributed by atoms with Crippen molar-refractivity contribution in [3.8, 4) is 0 Å². The minimum atomic E-state index is -1.33. The smallest absolute Gasteiger partial charge is 0.336 e. The van der Waals surface area contributed by atoms with Crippen LogP contribution in [-0.4, -0.2) is 33.2 Å². The van der Waals surface area contributed by atoms with Crippen molar-refractivity contribution in [2.45, 2.75) is 19.3 Å². The van der Waals surface area contributed by atoms with E-state index in [1.807, 2.05) is 13.8 Å². The quantitative estimate of drug-likeness (QED) is 0.777. The van der Waals surface area contributed by atoms with Gasteiger partial charge in [0.25, 0.3) is 0 Å². The van der Waals surface area contributed by atoms with Crippen molar-refractivity contribution in [2.75, 3.05) is 0 Å². The molecule has 2 rings (SSSR count). The van der Waals surface area contributed by atoms with Crippen LogP contribution in [-0.2, 0) is 5.41 Å². The molecule has 0 fully saturated rings. The van der Waals surface area contributed by atoms with Gasteiger partial charge in [-0.15, -0.1) is 0 Å². The van der Waals surface area contributed by atoms with Crippen LogP contribution in [0.1, 0.15) is 56.0 Å². The fourth-order valence-corrected chi connectivity index (χ4v) is 2.50. The summed E-state index contributed by atoms with van der Waals surface area (Å²) in [5, 5.41) is 27.5. The number of hydrogen-bond donors (Lipinski definition) is 3. The molecule has 0 spiro atoms. The summed E-state index contributed by atoms with van der Waals surface area (Å²) in [6.45, 7) is 3.63. The average Bonchev–Trinajstić information content (AvgIpc) is 2.54. The van der Waals surface area contributed by atoms with E-state index in [1.165, 1.54) is 24.3 Å². The first-order valence-corrected chi connectivity index (χ1v) is 7.09. The van der Waals surface area contributed by atoms with E-state index in [9.17, 15) is 19.5 Å². The van der Waals surface area contributed by atoms with Crippen LogP contribution in [0.4, 0.5) is 0 Å². The third-order valence-corrected chi connectivity index (χ3v) is 4.03. The summed E-state index contributed by atoms with van der Waals surface area (Å²) < 4.78 is 0. The summed E-state index contributed by atoms with van der Waals surface area (Å²) in [6.07, 6.45) is 0. The van der Waals surface area contributed by atoms with Gasteiger partial charge in [0.2, 0.25) is 0 Å². The molecule has 0 aliphatic rings. The van der Waals surface area contributed by atoms with Gasteiger partial charge in [0.05, 0.1) is 16.7 Å². The number of rotatable bonds is 5. The van der Waals surface area contributed by atoms with Gasteiger partial charge in [0.1, 0.15) is 0 Å². The standard InChI is InChI=1S/C18H16O6/c1-18(2,11-5-3-4-10(8-11)15(19)20)12-6-7-13(16(21)22)14(9-12)17(23)24/h3-9H,1-2H3,(H,19,20)(H,21,22)(H,23,24). The molecule has 0 heterocycles. The third kappa shape index (κ3) is 3.12. The van der Waals surface area contributed by atoms with E-state index in [-0.39, 0.29) is 16.7 Å². The van der Waals surface area contributed by atoms with Crippen LogP contribution in [0, 0.1) is 0 Å². The number of carboxylic acid groups (broad SMARTS) is 3. The Morgan fingerprint density at radius 3 is 1.88 bits per heavy atom. The molecule has 6 heteroatoms. The van der Waals surface area contributed by atoms with Gasteiger partial charge in [-0.05, 0) is 35.4 Å². The van der Waals surface area contributed by atoms with Gasteiger partial charge < -0.3 is 15.3 Å². The van der Waals surface area contributed by atoms with Crippen LogP contribution in [0.15, 0.2) is 42.5 Å². The van der Waals surface area contributed by atoms with Crippen molar-refractivity contribution >= 4 is 17.9 Å². The van der Waals surface area contributed by atoms with Crippen LogP contribution in [0.3, 0.4) is 0 Å². The van der Waals surface area contributed by atoms with Crippen LogP contribution in [0.2, 0.25) is 0 Å². The first-order valence-electron chi connectivity index (χ1n) is 7.09. The Bertz CT molecular complexity index is 835. The Labute approximate surface area is 138 Å². The number of hydrogen-bond acceptors (Lipinski definition) is 3. The summed E-state index contributed by atoms with van der Waals surface area (Å²) in [5.74, 6) is -3.70. The van der Waals surface area contributed by atoms with Gasteiger partial charge >= 0.3 is 17.9 Å². The fraction of sp³-hybridized carbons (Fsp3) is 0.167. The van der Waals surface area contributed by atoms with Crippen molar-refractivity contribution in [3.05, 3.63) is 70.3 Å². The Morgan fingerprint density at radius 1 is 0.750 bits per heavy atom. The van der Waals surface area contributed by atoms with Gasteiger partial charge in [-0.1, -0.05) is 32.0 Å². The first-order chi connectivity index (χ1) is 11.1. The Kier molecular flexibility index (Phi) is 4.41. The third-order valence-electron chi connectivity index (χ3n) is 4.03. The second-order valence-electron chi connectivity index (χ2n) is 5.88. The highest BCUT2D eigenvalue weighted by Crippen LogP contribution is 2.33. The molecule has 0 amide bonds. The van der Waals surface area contributed by atoms with Gasteiger partial charge in [0.15, 0.2) is 0 Å². The fourth-order valence-electron chi connectivity index (χ4n) is 2.50. The van der Waals surface area contributed by atoms with Crippen molar-refractivity contribution in [1.29, 1.82) is 0 Å². The van der Waals surface area contributed by atoms with Crippen LogP contribution >= 0.6 is 0 Å². The van der Waals surface area contributed by atoms with E-state index in [4.69, 9.17) is 10.2 Å². The lowest BCUT2D eigenvalue weighted by atomic mass is 9.77. The molecular formula is C18H16O6. The van der Waals surface area contributed by atoms with Crippen LogP contribution in [0.5, 0.6) is 0 Å². The second-order valence-corrected chi connectivity index (χ2v) is 5.88. The molecule has 0 bridgehead atoms. The maximum atomic E-state index is 11.3. The lowest BCUT2D eigenvalue weighted by Crippen LogP contribution is -2.21. The minimum absolute atomic E-state index is 0.126. The highest BCUT2D eigenvalue weighted by atomic mass is 16.4. The Hall–Kier alpha value is -3.15. The molecule has 2 aromatic carbocycles. The number of carboxylic acids is 3. The SMILES string of the molecule is CC(C)(c1cccc(C(=O)O)c1)c1ccc(C(=O)O)c(C(=O)O)c1. The monoisotopic (exact) mass is 328 g/mol. The number of carbonyl (C=O) groups is 3. The van der Waals surface area contributed by atoms with Gasteiger partial charge in [-0.25, -0.2) is 14.4 Å². The lowest BCUT2D eigenvalue weighted by molar-refractivity contribution is 0.0651. The first kappa shape index (κ1) is 17.2. The van der Waals surface area contributed by atoms with Crippen molar-refractivity contribution < 1.29 is 29.7 Å². The summed E-state index contributed by atoms with van der Waals surface area (Å²) in [5.41, 5.74) is 0.0893. The molecule has 24 heavy (non-hydrogen) atoms. The van der Waals surface area contributed by atoms with Gasteiger partial charge in [-0.2, -0.15) is 0 Å². The molecule has 0 aliphatic carbocycles. The van der Waals surface area contributed by atoms with E-state index in [0.29, 0.717) is 11.1 Å². The molecule has 0 saturated heterocycles. The van der Waals surface area contributed by atoms with E-state index in [0.717, 1.165) is 0 Å². The molecule has 6 nitrogen and oxygen atoms in total. The molecule has 0 radical (unpaired) electrons. The Balaban J connectivity index is 2.59.